The van der Waals surface area contributed by atoms with Gasteiger partial charge in [-0.15, -0.1) is 0 Å². The molecule has 0 saturated carbocycles. The van der Waals surface area contributed by atoms with E-state index in [-0.39, 0.29) is 16.3 Å². The van der Waals surface area contributed by atoms with Crippen LogP contribution in [0, 0.1) is 6.92 Å². The molecule has 0 aliphatic carbocycles. The summed E-state index contributed by atoms with van der Waals surface area (Å²) in [7, 11) is 1.28. The maximum absolute atomic E-state index is 12.1. The van der Waals surface area contributed by atoms with Gasteiger partial charge in [-0.05, 0) is 27.7 Å². The fourth-order valence-corrected chi connectivity index (χ4v) is 2.70. The predicted octanol–water partition coefficient (Wildman–Crippen LogP) is 3.87. The monoisotopic (exact) mass is 372 g/mol. The smallest absolute Gasteiger partial charge is 0.408 e. The first kappa shape index (κ1) is 21.3. The lowest BCUT2D eigenvalue weighted by atomic mass is 10.2. The Balaban J connectivity index is 3.02. The third-order valence-corrected chi connectivity index (χ3v) is 4.23. The van der Waals surface area contributed by atoms with Gasteiger partial charge in [0.1, 0.15) is 17.4 Å². The Morgan fingerprint density at radius 1 is 1.24 bits per heavy atom. The number of ether oxygens (including phenoxy) is 2. The van der Waals surface area contributed by atoms with Gasteiger partial charge in [0, 0.05) is 10.5 Å². The third kappa shape index (κ3) is 7.37. The van der Waals surface area contributed by atoms with Crippen LogP contribution >= 0.6 is 11.8 Å². The normalized spacial score (nSPS) is 13.3. The summed E-state index contributed by atoms with van der Waals surface area (Å²) in [6.07, 6.45) is -0.567. The van der Waals surface area contributed by atoms with E-state index in [9.17, 15) is 9.59 Å². The molecule has 0 aromatic carbocycles. The van der Waals surface area contributed by atoms with Gasteiger partial charge in [0.15, 0.2) is 5.69 Å². The van der Waals surface area contributed by atoms with E-state index >= 15 is 0 Å². The van der Waals surface area contributed by atoms with Crippen molar-refractivity contribution in [1.29, 1.82) is 0 Å². The number of thioether (sulfide) groups is 1. The fraction of sp³-hybridized carbons (Fsp3) is 0.706. The molecule has 0 saturated heterocycles. The third-order valence-electron chi connectivity index (χ3n) is 2.86. The van der Waals surface area contributed by atoms with E-state index < -0.39 is 23.7 Å². The number of nitrogens with zero attached hydrogens (tertiary/aromatic N) is 1. The van der Waals surface area contributed by atoms with Gasteiger partial charge < -0.3 is 19.2 Å². The highest BCUT2D eigenvalue weighted by Crippen LogP contribution is 2.29. The Hall–Kier alpha value is -1.70. The molecule has 1 rings (SSSR count). The Bertz CT molecular complexity index is 614. The van der Waals surface area contributed by atoms with E-state index in [4.69, 9.17) is 13.9 Å². The molecule has 0 radical (unpaired) electrons. The van der Waals surface area contributed by atoms with Crippen molar-refractivity contribution in [3.8, 4) is 0 Å². The molecular formula is C17H28N2O5S. The van der Waals surface area contributed by atoms with Crippen LogP contribution in [0.5, 0.6) is 0 Å². The predicted molar refractivity (Wildman–Crippen MR) is 96.9 cm³/mol. The average Bonchev–Trinajstić information content (AvgIpc) is 2.81. The Morgan fingerprint density at radius 3 is 2.32 bits per heavy atom. The quantitative estimate of drug-likeness (QED) is 0.785. The van der Waals surface area contributed by atoms with Crippen LogP contribution in [0.4, 0.5) is 4.79 Å². The highest BCUT2D eigenvalue weighted by molar-refractivity contribution is 8.00. The number of aryl methyl sites for hydroxylation is 1. The summed E-state index contributed by atoms with van der Waals surface area (Å²) in [4.78, 5) is 28.1. The average molecular weight is 372 g/mol. The summed E-state index contributed by atoms with van der Waals surface area (Å²) >= 11 is 1.64. The number of nitrogens with one attached hydrogen (secondary N) is 1. The Labute approximate surface area is 153 Å². The van der Waals surface area contributed by atoms with Crippen LogP contribution in [-0.2, 0) is 9.47 Å². The van der Waals surface area contributed by atoms with Crippen LogP contribution in [-0.4, -0.2) is 40.3 Å². The van der Waals surface area contributed by atoms with Gasteiger partial charge >= 0.3 is 12.1 Å². The van der Waals surface area contributed by atoms with Crippen LogP contribution in [0.15, 0.2) is 4.42 Å². The van der Waals surface area contributed by atoms with Crippen LogP contribution in [0.25, 0.3) is 0 Å². The molecule has 0 spiro atoms. The van der Waals surface area contributed by atoms with Crippen molar-refractivity contribution in [2.75, 3.05) is 12.9 Å². The van der Waals surface area contributed by atoms with E-state index in [2.05, 4.69) is 31.1 Å². The zero-order chi connectivity index (χ0) is 19.4. The number of esters is 1. The molecule has 0 bridgehead atoms. The second kappa shape index (κ2) is 8.12. The maximum atomic E-state index is 12.1. The van der Waals surface area contributed by atoms with Crippen LogP contribution in [0.2, 0.25) is 0 Å². The zero-order valence-electron chi connectivity index (χ0n) is 16.2. The number of alkyl carbamates (subject to hydrolysis) is 1. The molecule has 0 aliphatic heterocycles. The van der Waals surface area contributed by atoms with Crippen molar-refractivity contribution < 1.29 is 23.5 Å². The zero-order valence-corrected chi connectivity index (χ0v) is 17.0. The Morgan fingerprint density at radius 2 is 1.84 bits per heavy atom. The van der Waals surface area contributed by atoms with Crippen molar-refractivity contribution in [3.05, 3.63) is 17.3 Å². The van der Waals surface area contributed by atoms with E-state index in [0.29, 0.717) is 11.5 Å². The second-order valence-electron chi connectivity index (χ2n) is 7.57. The lowest BCUT2D eigenvalue weighted by molar-refractivity contribution is 0.0501. The number of oxazole rings is 1. The van der Waals surface area contributed by atoms with Gasteiger partial charge in [-0.3, -0.25) is 0 Å². The summed E-state index contributed by atoms with van der Waals surface area (Å²) in [5.41, 5.74) is -0.510. The number of aromatic nitrogens is 1. The van der Waals surface area contributed by atoms with E-state index in [1.165, 1.54) is 7.11 Å². The van der Waals surface area contributed by atoms with E-state index in [1.807, 2.05) is 0 Å². The first-order valence-electron chi connectivity index (χ1n) is 8.01. The van der Waals surface area contributed by atoms with Gasteiger partial charge in [-0.1, -0.05) is 20.8 Å². The molecular weight excluding hydrogens is 344 g/mol. The second-order valence-corrected chi connectivity index (χ2v) is 9.42. The largest absolute Gasteiger partial charge is 0.464 e. The van der Waals surface area contributed by atoms with Gasteiger partial charge in [0.2, 0.25) is 5.89 Å². The number of amides is 1. The van der Waals surface area contributed by atoms with Crippen LogP contribution < -0.4 is 5.32 Å². The number of hydrogen-bond acceptors (Lipinski definition) is 7. The SMILES string of the molecule is COC(=O)c1nc([C@H](CSC(C)(C)C)NC(=O)OC(C)(C)C)oc1C. The highest BCUT2D eigenvalue weighted by atomic mass is 32.2. The molecule has 0 aliphatic rings. The van der Waals surface area contributed by atoms with E-state index in [0.717, 1.165) is 0 Å². The van der Waals surface area contributed by atoms with E-state index in [1.54, 1.807) is 39.5 Å². The molecule has 1 atom stereocenters. The summed E-state index contributed by atoms with van der Waals surface area (Å²) in [5, 5.41) is 2.77. The molecule has 1 N–H and O–H groups in total. The number of rotatable bonds is 5. The first-order valence-corrected chi connectivity index (χ1v) is 9.00. The Kier molecular flexibility index (Phi) is 6.93. The fourth-order valence-electron chi connectivity index (χ4n) is 1.81. The van der Waals surface area contributed by atoms with Crippen LogP contribution in [0.3, 0.4) is 0 Å². The molecule has 25 heavy (non-hydrogen) atoms. The molecule has 8 heteroatoms. The first-order chi connectivity index (χ1) is 11.3. The minimum atomic E-state index is -0.616. The highest BCUT2D eigenvalue weighted by Gasteiger charge is 2.28. The van der Waals surface area contributed by atoms with Crippen molar-refractivity contribution >= 4 is 23.8 Å². The number of carbonyl (C=O) groups excluding carboxylic acids is 2. The molecule has 0 fully saturated rings. The minimum Gasteiger partial charge on any atom is -0.464 e. The van der Waals surface area contributed by atoms with Gasteiger partial charge in [0.05, 0.1) is 7.11 Å². The summed E-state index contributed by atoms with van der Waals surface area (Å²) in [6.45, 7) is 13.2. The summed E-state index contributed by atoms with van der Waals surface area (Å²) in [5.74, 6) is 0.537. The standard InChI is InChI=1S/C17H28N2O5S/c1-10-12(14(20)22-8)19-13(23-10)11(9-25-17(5,6)7)18-15(21)24-16(2,3)4/h11H,9H2,1-8H3,(H,18,21)/t11-/m0/s1. The maximum Gasteiger partial charge on any atom is 0.408 e. The van der Waals surface area contributed by atoms with Crippen LogP contribution in [0.1, 0.15) is 69.7 Å². The molecule has 1 amide bonds. The molecule has 0 unspecified atom stereocenters. The lowest BCUT2D eigenvalue weighted by Crippen LogP contribution is -2.36. The van der Waals surface area contributed by atoms with Gasteiger partial charge in [-0.2, -0.15) is 11.8 Å². The molecule has 1 aromatic heterocycles. The van der Waals surface area contributed by atoms with Crippen molar-refractivity contribution in [3.63, 3.8) is 0 Å². The summed E-state index contributed by atoms with van der Waals surface area (Å²) in [6, 6.07) is -0.531. The molecule has 1 aromatic rings. The number of carbonyl (C=O) groups is 2. The van der Waals surface area contributed by atoms with Crippen molar-refractivity contribution in [1.82, 2.24) is 10.3 Å². The number of methoxy groups -OCH3 is 1. The number of hydrogen-bond donors (Lipinski definition) is 1. The molecule has 1 heterocycles. The molecule has 142 valence electrons. The summed E-state index contributed by atoms with van der Waals surface area (Å²) < 4.78 is 15.6. The lowest BCUT2D eigenvalue weighted by Gasteiger charge is -2.24. The minimum absolute atomic E-state index is 0.0132. The molecule has 7 nitrogen and oxygen atoms in total. The van der Waals surface area contributed by atoms with Crippen molar-refractivity contribution in [2.45, 2.75) is 64.9 Å². The van der Waals surface area contributed by atoms with Gasteiger partial charge in [-0.25, -0.2) is 14.6 Å². The van der Waals surface area contributed by atoms with Crippen molar-refractivity contribution in [2.24, 2.45) is 0 Å². The van der Waals surface area contributed by atoms with Gasteiger partial charge in [0.25, 0.3) is 0 Å². The topological polar surface area (TPSA) is 90.7 Å².